The number of piperidine rings is 1. The van der Waals surface area contributed by atoms with Gasteiger partial charge >= 0.3 is 0 Å². The van der Waals surface area contributed by atoms with Crippen LogP contribution < -0.4 is 5.32 Å². The molecule has 0 amide bonds. The number of hydrogen-bond acceptors (Lipinski definition) is 2. The zero-order chi connectivity index (χ0) is 13.7. The topological polar surface area (TPSA) is 15.3 Å². The van der Waals surface area contributed by atoms with Gasteiger partial charge < -0.3 is 5.32 Å². The van der Waals surface area contributed by atoms with E-state index < -0.39 is 0 Å². The van der Waals surface area contributed by atoms with Crippen LogP contribution in [-0.4, -0.2) is 31.1 Å². The summed E-state index contributed by atoms with van der Waals surface area (Å²) in [7, 11) is 0. The van der Waals surface area contributed by atoms with Gasteiger partial charge in [0.25, 0.3) is 0 Å². The summed E-state index contributed by atoms with van der Waals surface area (Å²) < 4.78 is 13.3. The number of hydrogen-bond donors (Lipinski definition) is 1. The fourth-order valence-electron chi connectivity index (χ4n) is 2.93. The minimum absolute atomic E-state index is 0.137. The molecule has 0 aromatic heterocycles. The van der Waals surface area contributed by atoms with Gasteiger partial charge in [0.15, 0.2) is 0 Å². The molecule has 0 aliphatic carbocycles. The minimum atomic E-state index is -0.137. The molecule has 2 nitrogen and oxygen atoms in total. The van der Waals surface area contributed by atoms with Gasteiger partial charge in [-0.3, -0.25) is 4.90 Å². The molecule has 1 aliphatic heterocycles. The maximum atomic E-state index is 13.3. The van der Waals surface area contributed by atoms with Crippen LogP contribution in [0, 0.1) is 11.7 Å². The molecule has 3 heteroatoms. The Labute approximate surface area is 116 Å². The molecule has 19 heavy (non-hydrogen) atoms. The van der Waals surface area contributed by atoms with E-state index in [0.717, 1.165) is 37.7 Å². The van der Waals surface area contributed by atoms with E-state index in [-0.39, 0.29) is 11.9 Å². The van der Waals surface area contributed by atoms with E-state index in [1.54, 1.807) is 12.1 Å². The van der Waals surface area contributed by atoms with Gasteiger partial charge in [-0.15, -0.1) is 0 Å². The minimum Gasteiger partial charge on any atom is -0.317 e. The van der Waals surface area contributed by atoms with Crippen molar-refractivity contribution in [3.8, 4) is 0 Å². The van der Waals surface area contributed by atoms with Gasteiger partial charge in [0.05, 0.1) is 0 Å². The number of nitrogens with zero attached hydrogens (tertiary/aromatic N) is 1. The molecule has 1 fully saturated rings. The second-order valence-corrected chi connectivity index (χ2v) is 5.51. The SMILES string of the molecule is CCN(CC1CCNCC1)C(C)c1cccc(F)c1. The second kappa shape index (κ2) is 7.01. The molecule has 1 aliphatic rings. The molecule has 1 saturated heterocycles. The van der Waals surface area contributed by atoms with Crippen molar-refractivity contribution >= 4 is 0 Å². The highest BCUT2D eigenvalue weighted by molar-refractivity contribution is 5.19. The lowest BCUT2D eigenvalue weighted by Crippen LogP contribution is -2.37. The van der Waals surface area contributed by atoms with E-state index in [4.69, 9.17) is 0 Å². The zero-order valence-corrected chi connectivity index (χ0v) is 12.0. The van der Waals surface area contributed by atoms with E-state index in [1.165, 1.54) is 18.9 Å². The van der Waals surface area contributed by atoms with Gasteiger partial charge in [0.1, 0.15) is 5.82 Å². The van der Waals surface area contributed by atoms with Crippen LogP contribution in [0.15, 0.2) is 24.3 Å². The fraction of sp³-hybridized carbons (Fsp3) is 0.625. The Morgan fingerprint density at radius 1 is 1.37 bits per heavy atom. The summed E-state index contributed by atoms with van der Waals surface area (Å²) in [5.74, 6) is 0.638. The number of nitrogens with one attached hydrogen (secondary N) is 1. The molecule has 1 heterocycles. The second-order valence-electron chi connectivity index (χ2n) is 5.51. The summed E-state index contributed by atoms with van der Waals surface area (Å²) in [5.41, 5.74) is 1.08. The predicted octanol–water partition coefficient (Wildman–Crippen LogP) is 3.21. The van der Waals surface area contributed by atoms with Crippen LogP contribution in [0.4, 0.5) is 4.39 Å². The molecule has 0 spiro atoms. The van der Waals surface area contributed by atoms with Gasteiger partial charge in [-0.1, -0.05) is 19.1 Å². The first-order valence-electron chi connectivity index (χ1n) is 7.41. The first kappa shape index (κ1) is 14.5. The van der Waals surface area contributed by atoms with Crippen LogP contribution in [0.2, 0.25) is 0 Å². The lowest BCUT2D eigenvalue weighted by atomic mass is 9.96. The Bertz CT molecular complexity index is 388. The molecule has 106 valence electrons. The van der Waals surface area contributed by atoms with Crippen molar-refractivity contribution in [1.82, 2.24) is 10.2 Å². The molecular weight excluding hydrogens is 239 g/mol. The number of benzene rings is 1. The average molecular weight is 264 g/mol. The molecule has 0 bridgehead atoms. The molecule has 1 unspecified atom stereocenters. The van der Waals surface area contributed by atoms with E-state index in [9.17, 15) is 4.39 Å². The van der Waals surface area contributed by atoms with E-state index in [0.29, 0.717) is 0 Å². The summed E-state index contributed by atoms with van der Waals surface area (Å²) in [6, 6.07) is 7.29. The average Bonchev–Trinajstić information content (AvgIpc) is 2.45. The molecule has 1 atom stereocenters. The Kier molecular flexibility index (Phi) is 5.34. The molecule has 1 N–H and O–H groups in total. The maximum Gasteiger partial charge on any atom is 0.123 e. The Balaban J connectivity index is 1.99. The van der Waals surface area contributed by atoms with Crippen molar-refractivity contribution in [3.63, 3.8) is 0 Å². The van der Waals surface area contributed by atoms with Crippen molar-refractivity contribution in [1.29, 1.82) is 0 Å². The van der Waals surface area contributed by atoms with Crippen LogP contribution >= 0.6 is 0 Å². The smallest absolute Gasteiger partial charge is 0.123 e. The first-order chi connectivity index (χ1) is 9.20. The van der Waals surface area contributed by atoms with Gasteiger partial charge in [0, 0.05) is 12.6 Å². The first-order valence-corrected chi connectivity index (χ1v) is 7.41. The Morgan fingerprint density at radius 2 is 2.11 bits per heavy atom. The highest BCUT2D eigenvalue weighted by Gasteiger charge is 2.20. The Morgan fingerprint density at radius 3 is 2.74 bits per heavy atom. The predicted molar refractivity (Wildman–Crippen MR) is 77.7 cm³/mol. The zero-order valence-electron chi connectivity index (χ0n) is 12.0. The molecule has 0 radical (unpaired) electrons. The van der Waals surface area contributed by atoms with Crippen LogP contribution in [-0.2, 0) is 0 Å². The van der Waals surface area contributed by atoms with Crippen molar-refractivity contribution in [2.75, 3.05) is 26.2 Å². The van der Waals surface area contributed by atoms with Gasteiger partial charge in [-0.25, -0.2) is 4.39 Å². The van der Waals surface area contributed by atoms with Crippen molar-refractivity contribution < 1.29 is 4.39 Å². The third-order valence-electron chi connectivity index (χ3n) is 4.24. The normalized spacial score (nSPS) is 18.7. The molecule has 2 rings (SSSR count). The monoisotopic (exact) mass is 264 g/mol. The van der Waals surface area contributed by atoms with Crippen molar-refractivity contribution in [2.45, 2.75) is 32.7 Å². The van der Waals surface area contributed by atoms with Crippen LogP contribution in [0.25, 0.3) is 0 Å². The lowest BCUT2D eigenvalue weighted by Gasteiger charge is -2.33. The Hall–Kier alpha value is -0.930. The molecule has 1 aromatic rings. The highest BCUT2D eigenvalue weighted by atomic mass is 19.1. The fourth-order valence-corrected chi connectivity index (χ4v) is 2.93. The maximum absolute atomic E-state index is 13.3. The van der Waals surface area contributed by atoms with Crippen LogP contribution in [0.5, 0.6) is 0 Å². The summed E-state index contributed by atoms with van der Waals surface area (Å²) in [6.07, 6.45) is 2.51. The summed E-state index contributed by atoms with van der Waals surface area (Å²) in [4.78, 5) is 2.46. The molecule has 0 saturated carbocycles. The van der Waals surface area contributed by atoms with Crippen LogP contribution in [0.1, 0.15) is 38.3 Å². The molecule has 1 aromatic carbocycles. The van der Waals surface area contributed by atoms with Crippen molar-refractivity contribution in [3.05, 3.63) is 35.6 Å². The van der Waals surface area contributed by atoms with Crippen LogP contribution in [0.3, 0.4) is 0 Å². The van der Waals surface area contributed by atoms with Crippen molar-refractivity contribution in [2.24, 2.45) is 5.92 Å². The van der Waals surface area contributed by atoms with E-state index >= 15 is 0 Å². The van der Waals surface area contributed by atoms with Gasteiger partial charge in [-0.05, 0) is 63.0 Å². The highest BCUT2D eigenvalue weighted by Crippen LogP contribution is 2.23. The third kappa shape index (κ3) is 4.02. The third-order valence-corrected chi connectivity index (χ3v) is 4.24. The number of rotatable bonds is 5. The van der Waals surface area contributed by atoms with Gasteiger partial charge in [-0.2, -0.15) is 0 Å². The van der Waals surface area contributed by atoms with E-state index in [2.05, 4.69) is 24.1 Å². The quantitative estimate of drug-likeness (QED) is 0.878. The molecular formula is C16H25FN2. The summed E-state index contributed by atoms with van der Waals surface area (Å²) in [5, 5.41) is 3.41. The van der Waals surface area contributed by atoms with Gasteiger partial charge in [0.2, 0.25) is 0 Å². The summed E-state index contributed by atoms with van der Waals surface area (Å²) in [6.45, 7) is 8.78. The lowest BCUT2D eigenvalue weighted by molar-refractivity contribution is 0.168. The van der Waals surface area contributed by atoms with E-state index in [1.807, 2.05) is 6.07 Å². The summed E-state index contributed by atoms with van der Waals surface area (Å²) >= 11 is 0. The standard InChI is InChI=1S/C16H25FN2/c1-3-19(12-14-7-9-18-10-8-14)13(2)15-5-4-6-16(17)11-15/h4-6,11,13-14,18H,3,7-10,12H2,1-2H3. The number of halogens is 1. The largest absolute Gasteiger partial charge is 0.317 e.